The number of fused-ring (bicyclic) bond motifs is 2. The largest absolute Gasteiger partial charge is 0.508 e. The number of rotatable bonds is 6. The maximum atomic E-state index is 12.7. The molecule has 2 aliphatic rings. The minimum atomic E-state index is -0.543. The van der Waals surface area contributed by atoms with Gasteiger partial charge in [-0.1, -0.05) is 24.3 Å². The van der Waals surface area contributed by atoms with E-state index in [9.17, 15) is 9.90 Å². The molecule has 226 valence electrons. The van der Waals surface area contributed by atoms with E-state index in [-0.39, 0.29) is 11.8 Å². The number of amides is 1. The lowest BCUT2D eigenvalue weighted by Crippen LogP contribution is -2.50. The predicted octanol–water partition coefficient (Wildman–Crippen LogP) is 5.73. The number of benzene rings is 2. The molecule has 1 unspecified atom stereocenters. The van der Waals surface area contributed by atoms with E-state index < -0.39 is 5.60 Å². The van der Waals surface area contributed by atoms with Crippen LogP contribution in [-0.4, -0.2) is 92.6 Å². The maximum absolute atomic E-state index is 12.7. The van der Waals surface area contributed by atoms with Gasteiger partial charge in [-0.15, -0.1) is 11.8 Å². The number of hydrogen-bond donors (Lipinski definition) is 1. The molecular formula is C32H38N6O4S. The molecule has 2 saturated heterocycles. The van der Waals surface area contributed by atoms with E-state index in [1.807, 2.05) is 51.1 Å². The number of nitrogens with zero attached hydrogens (tertiary/aromatic N) is 6. The second kappa shape index (κ2) is 12.0. The van der Waals surface area contributed by atoms with Crippen molar-refractivity contribution in [3.05, 3.63) is 48.7 Å². The Labute approximate surface area is 256 Å². The first kappa shape index (κ1) is 29.3. The predicted molar refractivity (Wildman–Crippen MR) is 171 cm³/mol. The average molecular weight is 603 g/mol. The molecule has 6 rings (SSSR count). The van der Waals surface area contributed by atoms with Crippen LogP contribution in [0.15, 0.2) is 48.7 Å². The Balaban J connectivity index is 1.32. The third-order valence-corrected chi connectivity index (χ3v) is 9.03. The third-order valence-electron chi connectivity index (χ3n) is 7.80. The number of anilines is 1. The SMILES string of the molecule is CN1CCCC1SCOc1nc(N2CCN(C(=O)OC(C)(C)C)CC2)c2cnc(-c3cc(O)cc4ccccc34)cc2n1. The highest BCUT2D eigenvalue weighted by Crippen LogP contribution is 2.35. The maximum Gasteiger partial charge on any atom is 0.410 e. The van der Waals surface area contributed by atoms with Gasteiger partial charge < -0.3 is 24.4 Å². The zero-order valence-electron chi connectivity index (χ0n) is 25.1. The number of likely N-dealkylation sites (tertiary alicyclic amines) is 1. The Morgan fingerprint density at radius 1 is 1.05 bits per heavy atom. The minimum Gasteiger partial charge on any atom is -0.508 e. The van der Waals surface area contributed by atoms with E-state index in [1.165, 1.54) is 6.42 Å². The van der Waals surface area contributed by atoms with Gasteiger partial charge in [0.1, 0.15) is 23.1 Å². The highest BCUT2D eigenvalue weighted by atomic mass is 32.2. The lowest BCUT2D eigenvalue weighted by atomic mass is 10.0. The molecule has 0 aliphatic carbocycles. The Kier molecular flexibility index (Phi) is 8.19. The number of piperazine rings is 1. The van der Waals surface area contributed by atoms with Gasteiger partial charge in [0.2, 0.25) is 0 Å². The molecular weight excluding hydrogens is 564 g/mol. The number of hydrogen-bond acceptors (Lipinski definition) is 10. The fourth-order valence-corrected chi connectivity index (χ4v) is 6.65. The van der Waals surface area contributed by atoms with E-state index in [0.717, 1.165) is 40.5 Å². The topological polar surface area (TPSA) is 104 Å². The lowest BCUT2D eigenvalue weighted by Gasteiger charge is -2.36. The summed E-state index contributed by atoms with van der Waals surface area (Å²) in [4.78, 5) is 33.4. The number of carbonyl (C=O) groups is 1. The van der Waals surface area contributed by atoms with Crippen molar-refractivity contribution in [2.45, 2.75) is 44.6 Å². The molecule has 0 saturated carbocycles. The molecule has 2 aromatic carbocycles. The first-order chi connectivity index (χ1) is 20.6. The summed E-state index contributed by atoms with van der Waals surface area (Å²) in [5.41, 5.74) is 1.69. The van der Waals surface area contributed by atoms with Gasteiger partial charge in [0.15, 0.2) is 0 Å². The van der Waals surface area contributed by atoms with Gasteiger partial charge in [0.25, 0.3) is 0 Å². The van der Waals surface area contributed by atoms with Gasteiger partial charge in [-0.3, -0.25) is 9.88 Å². The third kappa shape index (κ3) is 6.57. The zero-order chi connectivity index (χ0) is 30.1. The van der Waals surface area contributed by atoms with Crippen molar-refractivity contribution in [2.24, 2.45) is 0 Å². The van der Waals surface area contributed by atoms with Gasteiger partial charge in [0.05, 0.1) is 22.0 Å². The van der Waals surface area contributed by atoms with Gasteiger partial charge in [-0.2, -0.15) is 9.97 Å². The van der Waals surface area contributed by atoms with Crippen molar-refractivity contribution in [3.8, 4) is 23.0 Å². The number of phenols is 1. The summed E-state index contributed by atoms with van der Waals surface area (Å²) >= 11 is 1.76. The van der Waals surface area contributed by atoms with Crippen LogP contribution in [-0.2, 0) is 4.74 Å². The summed E-state index contributed by atoms with van der Waals surface area (Å²) in [5, 5.41) is 13.6. The summed E-state index contributed by atoms with van der Waals surface area (Å²) in [7, 11) is 2.14. The highest BCUT2D eigenvalue weighted by Gasteiger charge is 2.28. The van der Waals surface area contributed by atoms with E-state index in [4.69, 9.17) is 24.4 Å². The van der Waals surface area contributed by atoms with Crippen molar-refractivity contribution in [3.63, 3.8) is 0 Å². The first-order valence-electron chi connectivity index (χ1n) is 14.7. The molecule has 0 radical (unpaired) electrons. The van der Waals surface area contributed by atoms with Crippen LogP contribution in [0.25, 0.3) is 32.9 Å². The van der Waals surface area contributed by atoms with Crippen molar-refractivity contribution < 1.29 is 19.4 Å². The molecule has 2 aromatic heterocycles. The molecule has 1 N–H and O–H groups in total. The average Bonchev–Trinajstić information content (AvgIpc) is 3.39. The highest BCUT2D eigenvalue weighted by molar-refractivity contribution is 7.99. The lowest BCUT2D eigenvalue weighted by molar-refractivity contribution is 0.0240. The molecule has 43 heavy (non-hydrogen) atoms. The zero-order valence-corrected chi connectivity index (χ0v) is 25.9. The molecule has 2 fully saturated rings. The molecule has 0 spiro atoms. The number of phenolic OH excluding ortho intramolecular Hbond substituents is 1. The molecule has 4 aromatic rings. The van der Waals surface area contributed by atoms with Crippen molar-refractivity contribution in [2.75, 3.05) is 50.6 Å². The quantitative estimate of drug-likeness (QED) is 0.275. The summed E-state index contributed by atoms with van der Waals surface area (Å²) in [6.45, 7) is 8.93. The fraction of sp³-hybridized carbons (Fsp3) is 0.438. The molecule has 0 bridgehead atoms. The number of thioether (sulfide) groups is 1. The Bertz CT molecular complexity index is 1640. The van der Waals surface area contributed by atoms with E-state index in [2.05, 4.69) is 16.8 Å². The van der Waals surface area contributed by atoms with Gasteiger partial charge >= 0.3 is 12.1 Å². The van der Waals surface area contributed by atoms with Crippen molar-refractivity contribution >= 4 is 45.3 Å². The van der Waals surface area contributed by atoms with Crippen LogP contribution >= 0.6 is 11.8 Å². The normalized spacial score (nSPS) is 18.0. The number of aromatic nitrogens is 3. The molecule has 2 aliphatic heterocycles. The van der Waals surface area contributed by atoms with Crippen LogP contribution in [0.5, 0.6) is 11.8 Å². The molecule has 4 heterocycles. The van der Waals surface area contributed by atoms with Crippen LogP contribution in [0.3, 0.4) is 0 Å². The molecule has 1 amide bonds. The Morgan fingerprint density at radius 2 is 1.84 bits per heavy atom. The minimum absolute atomic E-state index is 0.180. The fourth-order valence-electron chi connectivity index (χ4n) is 5.63. The smallest absolute Gasteiger partial charge is 0.410 e. The van der Waals surface area contributed by atoms with Crippen LogP contribution in [0.1, 0.15) is 33.6 Å². The van der Waals surface area contributed by atoms with Crippen LogP contribution in [0.2, 0.25) is 0 Å². The van der Waals surface area contributed by atoms with Crippen molar-refractivity contribution in [1.29, 1.82) is 0 Å². The molecule has 11 heteroatoms. The van der Waals surface area contributed by atoms with Crippen LogP contribution in [0, 0.1) is 0 Å². The summed E-state index contributed by atoms with van der Waals surface area (Å²) in [6, 6.07) is 13.7. The van der Waals surface area contributed by atoms with E-state index >= 15 is 0 Å². The Hall–Kier alpha value is -3.83. The van der Waals surface area contributed by atoms with Crippen LogP contribution < -0.4 is 9.64 Å². The van der Waals surface area contributed by atoms with E-state index in [1.54, 1.807) is 35.0 Å². The van der Waals surface area contributed by atoms with Crippen molar-refractivity contribution in [1.82, 2.24) is 24.8 Å². The van der Waals surface area contributed by atoms with Gasteiger partial charge in [-0.05, 0) is 76.2 Å². The Morgan fingerprint density at radius 3 is 2.58 bits per heavy atom. The van der Waals surface area contributed by atoms with E-state index in [0.29, 0.717) is 54.7 Å². The first-order valence-corrected chi connectivity index (χ1v) is 15.8. The number of carbonyl (C=O) groups excluding carboxylic acids is 1. The van der Waals surface area contributed by atoms with Crippen LogP contribution in [0.4, 0.5) is 10.6 Å². The summed E-state index contributed by atoms with van der Waals surface area (Å²) < 4.78 is 11.7. The number of aromatic hydroxyl groups is 1. The standard InChI is InChI=1S/C32H38N6O4S/c1-32(2,3)42-31(40)38-14-12-37(13-15-38)29-25-19-33-26(24-17-22(39)16-21-8-5-6-9-23(21)24)18-27(25)34-30(35-29)41-20-43-28-10-7-11-36(28)4/h5-6,8-9,16-19,28,39H,7,10-15,20H2,1-4H3. The van der Waals surface area contributed by atoms with Gasteiger partial charge in [-0.25, -0.2) is 4.79 Å². The van der Waals surface area contributed by atoms with Gasteiger partial charge in [0, 0.05) is 37.9 Å². The summed E-state index contributed by atoms with van der Waals surface area (Å²) in [5.74, 6) is 1.35. The second-order valence-electron chi connectivity index (χ2n) is 12.1. The molecule has 1 atom stereocenters. The number of pyridine rings is 1. The number of ether oxygens (including phenoxy) is 2. The second-order valence-corrected chi connectivity index (χ2v) is 13.2. The molecule has 10 nitrogen and oxygen atoms in total. The summed E-state index contributed by atoms with van der Waals surface area (Å²) in [6.07, 6.45) is 3.83. The monoisotopic (exact) mass is 602 g/mol.